The van der Waals surface area contributed by atoms with Gasteiger partial charge in [0, 0.05) is 10.3 Å². The van der Waals surface area contributed by atoms with E-state index in [-0.39, 0.29) is 23.5 Å². The highest BCUT2D eigenvalue weighted by Crippen LogP contribution is 2.52. The van der Waals surface area contributed by atoms with Gasteiger partial charge in [-0.05, 0) is 59.1 Å². The van der Waals surface area contributed by atoms with Crippen LogP contribution in [0.15, 0.2) is 65.0 Å². The molecule has 35 heavy (non-hydrogen) atoms. The maximum Gasteiger partial charge on any atom is 0.487 e. The molecule has 3 aromatic rings. The summed E-state index contributed by atoms with van der Waals surface area (Å²) < 4.78 is 6.15. The Kier molecular flexibility index (Phi) is 5.55. The van der Waals surface area contributed by atoms with Crippen molar-refractivity contribution in [3.63, 3.8) is 0 Å². The lowest BCUT2D eigenvalue weighted by Gasteiger charge is -2.42. The first-order valence-corrected chi connectivity index (χ1v) is 13.0. The van der Waals surface area contributed by atoms with Crippen LogP contribution in [0.5, 0.6) is 5.75 Å². The number of allylic oxidation sites excluding steroid dienone is 2. The number of amides is 2. The van der Waals surface area contributed by atoms with Gasteiger partial charge in [0.1, 0.15) is 5.75 Å². The minimum Gasteiger partial charge on any atom is -0.507 e. The molecule has 0 unspecified atom stereocenters. The number of benzene rings is 2. The van der Waals surface area contributed by atoms with Gasteiger partial charge in [0.25, 0.3) is 0 Å². The normalized spacial score (nSPS) is 26.5. The summed E-state index contributed by atoms with van der Waals surface area (Å²) in [6.07, 6.45) is 1.23. The fourth-order valence-electron chi connectivity index (χ4n) is 6.32. The Bertz CT molecular complexity index is 1350. The Morgan fingerprint density at radius 1 is 1.06 bits per heavy atom. The van der Waals surface area contributed by atoms with Crippen LogP contribution in [0.2, 0.25) is 0 Å². The number of carbonyl (C=O) groups excluding carboxylic acids is 2. The van der Waals surface area contributed by atoms with E-state index in [1.165, 1.54) is 16.2 Å². The molecule has 2 saturated heterocycles. The summed E-state index contributed by atoms with van der Waals surface area (Å²) in [4.78, 5) is 29.5. The molecule has 2 fully saturated rings. The molecule has 2 aliphatic heterocycles. The quantitative estimate of drug-likeness (QED) is 0.415. The summed E-state index contributed by atoms with van der Waals surface area (Å²) in [5, 5.41) is 25.0. The van der Waals surface area contributed by atoms with Crippen molar-refractivity contribution >= 4 is 41.0 Å². The number of likely N-dealkylation sites (tertiary alicyclic amines) is 1. The highest BCUT2D eigenvalue weighted by Gasteiger charge is 2.57. The Morgan fingerprint density at radius 2 is 1.86 bits per heavy atom. The molecule has 0 bridgehead atoms. The fourth-order valence-corrected chi connectivity index (χ4v) is 7.01. The highest BCUT2D eigenvalue weighted by atomic mass is 32.1. The van der Waals surface area contributed by atoms with Crippen molar-refractivity contribution in [1.82, 2.24) is 4.90 Å². The number of rotatable bonds is 4. The van der Waals surface area contributed by atoms with Crippen LogP contribution in [0.3, 0.4) is 0 Å². The molecule has 0 radical (unpaired) electrons. The fraction of sp³-hybridized carbons (Fsp3) is 0.333. The number of aromatic hydroxyl groups is 1. The lowest BCUT2D eigenvalue weighted by molar-refractivity contribution is -0.140. The molecule has 178 valence electrons. The third-order valence-electron chi connectivity index (χ3n) is 7.91. The number of imide groups is 1. The average Bonchev–Trinajstić information content (AvgIpc) is 3.46. The number of phenols is 1. The van der Waals surface area contributed by atoms with Gasteiger partial charge in [0.15, 0.2) is 0 Å². The van der Waals surface area contributed by atoms with E-state index in [1.54, 1.807) is 6.07 Å². The largest absolute Gasteiger partial charge is 0.507 e. The Morgan fingerprint density at radius 3 is 2.60 bits per heavy atom. The van der Waals surface area contributed by atoms with E-state index < -0.39 is 25.1 Å². The zero-order chi connectivity index (χ0) is 24.3. The SMILES string of the molecule is CCC1=C2B(O)O[C@H](c3ccc(O)c4ccccc34)C[C@H]2[C@H]2C(=O)N(Cc3cccs3)C(=O)[C@H]2C1. The minimum absolute atomic E-state index is 0.106. The zero-order valence-corrected chi connectivity index (χ0v) is 20.2. The summed E-state index contributed by atoms with van der Waals surface area (Å²) in [7, 11) is -1.13. The minimum atomic E-state index is -1.13. The van der Waals surface area contributed by atoms with Crippen LogP contribution in [0, 0.1) is 17.8 Å². The molecule has 6 nitrogen and oxygen atoms in total. The van der Waals surface area contributed by atoms with E-state index in [1.807, 2.05) is 54.8 Å². The maximum absolute atomic E-state index is 13.7. The first kappa shape index (κ1) is 22.5. The number of carbonyl (C=O) groups is 2. The number of hydrogen-bond acceptors (Lipinski definition) is 6. The lowest BCUT2D eigenvalue weighted by Crippen LogP contribution is -2.44. The van der Waals surface area contributed by atoms with Crippen LogP contribution in [0.25, 0.3) is 10.8 Å². The molecule has 3 heterocycles. The van der Waals surface area contributed by atoms with Gasteiger partial charge in [-0.3, -0.25) is 14.5 Å². The van der Waals surface area contributed by atoms with Gasteiger partial charge in [0.2, 0.25) is 11.8 Å². The molecule has 1 aromatic heterocycles. The average molecular weight is 487 g/mol. The van der Waals surface area contributed by atoms with Gasteiger partial charge >= 0.3 is 7.12 Å². The monoisotopic (exact) mass is 487 g/mol. The van der Waals surface area contributed by atoms with Crippen molar-refractivity contribution in [2.45, 2.75) is 38.8 Å². The molecule has 1 aliphatic carbocycles. The Hall–Kier alpha value is -2.94. The second-order valence-corrected chi connectivity index (χ2v) is 10.7. The molecule has 2 amide bonds. The second kappa shape index (κ2) is 8.62. The van der Waals surface area contributed by atoms with Crippen LogP contribution in [-0.4, -0.2) is 34.0 Å². The number of nitrogens with zero attached hydrogens (tertiary/aromatic N) is 1. The molecule has 3 aliphatic rings. The summed E-state index contributed by atoms with van der Waals surface area (Å²) in [5.41, 5.74) is 2.67. The van der Waals surface area contributed by atoms with E-state index in [0.717, 1.165) is 32.3 Å². The van der Waals surface area contributed by atoms with Gasteiger partial charge in [-0.25, -0.2) is 0 Å². The number of fused-ring (bicyclic) bond motifs is 4. The highest BCUT2D eigenvalue weighted by molar-refractivity contribution is 7.09. The van der Waals surface area contributed by atoms with Gasteiger partial charge in [-0.1, -0.05) is 48.9 Å². The number of thiophene rings is 1. The van der Waals surface area contributed by atoms with Crippen molar-refractivity contribution in [2.75, 3.05) is 0 Å². The van der Waals surface area contributed by atoms with Crippen LogP contribution < -0.4 is 0 Å². The van der Waals surface area contributed by atoms with Gasteiger partial charge in [-0.2, -0.15) is 0 Å². The first-order chi connectivity index (χ1) is 17.0. The van der Waals surface area contributed by atoms with E-state index in [2.05, 4.69) is 0 Å². The first-order valence-electron chi connectivity index (χ1n) is 12.1. The number of hydrogen-bond donors (Lipinski definition) is 2. The molecule has 0 spiro atoms. The number of phenolic OH excluding ortho intramolecular Hbond substituents is 1. The van der Waals surface area contributed by atoms with Crippen LogP contribution in [0.1, 0.15) is 42.7 Å². The van der Waals surface area contributed by atoms with Crippen molar-refractivity contribution < 1.29 is 24.4 Å². The maximum atomic E-state index is 13.7. The Labute approximate surface area is 208 Å². The molecular formula is C27H26BNO5S. The third-order valence-corrected chi connectivity index (χ3v) is 8.77. The standard InChI is InChI=1S/C27H26BNO5S/c1-2-15-12-21-24(27(32)29(26(21)31)14-16-6-5-11-35-16)20-13-23(34-28(33)25(15)20)19-9-10-22(30)18-8-4-3-7-17(18)19/h3-11,20-21,23-24,30,33H,2,12-14H2,1H3/t20-,21-,23-,24+/m0/s1. The van der Waals surface area contributed by atoms with Gasteiger partial charge < -0.3 is 14.8 Å². The Balaban J connectivity index is 1.39. The van der Waals surface area contributed by atoms with Crippen molar-refractivity contribution in [1.29, 1.82) is 0 Å². The van der Waals surface area contributed by atoms with Crippen molar-refractivity contribution in [3.8, 4) is 5.75 Å². The predicted molar refractivity (Wildman–Crippen MR) is 134 cm³/mol. The summed E-state index contributed by atoms with van der Waals surface area (Å²) in [5.74, 6) is -1.21. The van der Waals surface area contributed by atoms with E-state index in [0.29, 0.717) is 25.8 Å². The molecule has 6 rings (SSSR count). The molecular weight excluding hydrogens is 461 g/mol. The molecule has 2 aromatic carbocycles. The lowest BCUT2D eigenvalue weighted by atomic mass is 9.55. The van der Waals surface area contributed by atoms with E-state index in [9.17, 15) is 19.7 Å². The van der Waals surface area contributed by atoms with Crippen molar-refractivity contribution in [2.24, 2.45) is 17.8 Å². The predicted octanol–water partition coefficient (Wildman–Crippen LogP) is 4.62. The summed E-state index contributed by atoms with van der Waals surface area (Å²) >= 11 is 1.54. The van der Waals surface area contributed by atoms with Gasteiger partial charge in [-0.15, -0.1) is 11.3 Å². The van der Waals surface area contributed by atoms with Gasteiger partial charge in [0.05, 0.1) is 24.5 Å². The molecule has 4 atom stereocenters. The van der Waals surface area contributed by atoms with Crippen LogP contribution >= 0.6 is 11.3 Å². The van der Waals surface area contributed by atoms with Crippen LogP contribution in [0.4, 0.5) is 0 Å². The van der Waals surface area contributed by atoms with Crippen LogP contribution in [-0.2, 0) is 20.8 Å². The van der Waals surface area contributed by atoms with Crippen molar-refractivity contribution in [3.05, 3.63) is 75.4 Å². The third kappa shape index (κ3) is 3.54. The smallest absolute Gasteiger partial charge is 0.487 e. The topological polar surface area (TPSA) is 87.1 Å². The van der Waals surface area contributed by atoms with E-state index >= 15 is 0 Å². The summed E-state index contributed by atoms with van der Waals surface area (Å²) in [6.45, 7) is 2.33. The molecule has 2 N–H and O–H groups in total. The summed E-state index contributed by atoms with van der Waals surface area (Å²) in [6, 6.07) is 14.9. The zero-order valence-electron chi connectivity index (χ0n) is 19.4. The molecule has 8 heteroatoms. The van der Waals surface area contributed by atoms with E-state index in [4.69, 9.17) is 4.65 Å². The second-order valence-electron chi connectivity index (χ2n) is 9.63. The molecule has 0 saturated carbocycles.